The molecule has 5 nitrogen and oxygen atoms in total. The molecule has 0 aromatic carbocycles. The standard InChI is InChI=1S/C13H16F3N3O2/c14-13(15,16)12(21)19-5-2-10(3-6-19)11(20)18-8-9-1-4-17-7-9/h1,4,7,10,17H,2-3,5-6,8H2,(H,18,20). The van der Waals surface area contributed by atoms with Crippen LogP contribution in [-0.2, 0) is 16.1 Å². The fraction of sp³-hybridized carbons (Fsp3) is 0.538. The monoisotopic (exact) mass is 303 g/mol. The minimum absolute atomic E-state index is 0.0411. The molecule has 1 saturated heterocycles. The first-order valence-corrected chi connectivity index (χ1v) is 6.63. The average Bonchev–Trinajstić information content (AvgIpc) is 2.96. The van der Waals surface area contributed by atoms with Gasteiger partial charge in [0.1, 0.15) is 0 Å². The van der Waals surface area contributed by atoms with Crippen molar-refractivity contribution in [1.82, 2.24) is 15.2 Å². The van der Waals surface area contributed by atoms with Gasteiger partial charge in [-0.15, -0.1) is 0 Å². The molecule has 0 atom stereocenters. The van der Waals surface area contributed by atoms with Crippen molar-refractivity contribution in [3.63, 3.8) is 0 Å². The summed E-state index contributed by atoms with van der Waals surface area (Å²) >= 11 is 0. The SMILES string of the molecule is O=C(NCc1cc[nH]c1)C1CCN(C(=O)C(F)(F)F)CC1. The first kappa shape index (κ1) is 15.4. The summed E-state index contributed by atoms with van der Waals surface area (Å²) in [5, 5.41) is 2.74. The van der Waals surface area contributed by atoms with Crippen LogP contribution in [0, 0.1) is 5.92 Å². The van der Waals surface area contributed by atoms with E-state index >= 15 is 0 Å². The number of hydrogen-bond donors (Lipinski definition) is 2. The fourth-order valence-electron chi connectivity index (χ4n) is 2.33. The lowest BCUT2D eigenvalue weighted by atomic mass is 9.95. The van der Waals surface area contributed by atoms with Crippen LogP contribution < -0.4 is 5.32 Å². The van der Waals surface area contributed by atoms with Gasteiger partial charge in [-0.05, 0) is 24.5 Å². The molecular weight excluding hydrogens is 287 g/mol. The number of nitrogens with one attached hydrogen (secondary N) is 2. The molecule has 0 saturated carbocycles. The number of nitrogens with zero attached hydrogens (tertiary/aromatic N) is 1. The van der Waals surface area contributed by atoms with E-state index < -0.39 is 12.1 Å². The number of aromatic amines is 1. The molecule has 0 unspecified atom stereocenters. The number of hydrogen-bond acceptors (Lipinski definition) is 2. The van der Waals surface area contributed by atoms with Gasteiger partial charge in [-0.3, -0.25) is 9.59 Å². The molecule has 116 valence electrons. The second-order valence-electron chi connectivity index (χ2n) is 5.00. The highest BCUT2D eigenvalue weighted by Gasteiger charge is 2.43. The Kier molecular flexibility index (Phi) is 4.54. The van der Waals surface area contributed by atoms with E-state index in [0.717, 1.165) is 10.5 Å². The molecule has 21 heavy (non-hydrogen) atoms. The third-order valence-electron chi connectivity index (χ3n) is 3.52. The molecule has 1 fully saturated rings. The van der Waals surface area contributed by atoms with Crippen molar-refractivity contribution < 1.29 is 22.8 Å². The summed E-state index contributed by atoms with van der Waals surface area (Å²) in [5.41, 5.74) is 0.924. The quantitative estimate of drug-likeness (QED) is 0.887. The highest BCUT2D eigenvalue weighted by atomic mass is 19.4. The minimum Gasteiger partial charge on any atom is -0.367 e. The minimum atomic E-state index is -4.84. The van der Waals surface area contributed by atoms with E-state index in [2.05, 4.69) is 10.3 Å². The largest absolute Gasteiger partial charge is 0.471 e. The number of carbonyl (C=O) groups is 2. The molecule has 2 N–H and O–H groups in total. The second-order valence-corrected chi connectivity index (χ2v) is 5.00. The zero-order valence-electron chi connectivity index (χ0n) is 11.2. The number of carbonyl (C=O) groups excluding carboxylic acids is 2. The van der Waals surface area contributed by atoms with Crippen LogP contribution >= 0.6 is 0 Å². The summed E-state index contributed by atoms with van der Waals surface area (Å²) in [4.78, 5) is 26.6. The first-order chi connectivity index (χ1) is 9.88. The van der Waals surface area contributed by atoms with Gasteiger partial charge in [-0.1, -0.05) is 0 Å². The molecule has 0 spiro atoms. The Balaban J connectivity index is 1.78. The van der Waals surface area contributed by atoms with E-state index in [9.17, 15) is 22.8 Å². The topological polar surface area (TPSA) is 65.2 Å². The molecule has 1 aliphatic rings. The molecule has 2 amide bonds. The van der Waals surface area contributed by atoms with E-state index in [1.54, 1.807) is 12.4 Å². The van der Waals surface area contributed by atoms with E-state index in [1.165, 1.54) is 0 Å². The van der Waals surface area contributed by atoms with Gasteiger partial charge in [0.05, 0.1) is 0 Å². The summed E-state index contributed by atoms with van der Waals surface area (Å²) in [7, 11) is 0. The number of amides is 2. The van der Waals surface area contributed by atoms with Crippen LogP contribution in [0.3, 0.4) is 0 Å². The molecule has 0 radical (unpaired) electrons. The predicted molar refractivity (Wildman–Crippen MR) is 68.0 cm³/mol. The van der Waals surface area contributed by atoms with Crippen molar-refractivity contribution in [3.8, 4) is 0 Å². The Labute approximate surface area is 119 Å². The maximum absolute atomic E-state index is 12.3. The summed E-state index contributed by atoms with van der Waals surface area (Å²) < 4.78 is 36.9. The first-order valence-electron chi connectivity index (χ1n) is 6.63. The number of alkyl halides is 3. The summed E-state index contributed by atoms with van der Waals surface area (Å²) in [5.74, 6) is -2.36. The Morgan fingerprint density at radius 3 is 2.52 bits per heavy atom. The normalized spacial score (nSPS) is 16.8. The van der Waals surface area contributed by atoms with Crippen molar-refractivity contribution >= 4 is 11.8 Å². The highest BCUT2D eigenvalue weighted by Crippen LogP contribution is 2.24. The van der Waals surface area contributed by atoms with Crippen LogP contribution in [0.5, 0.6) is 0 Å². The van der Waals surface area contributed by atoms with Crippen LogP contribution in [0.25, 0.3) is 0 Å². The predicted octanol–water partition coefficient (Wildman–Crippen LogP) is 1.43. The number of likely N-dealkylation sites (tertiary alicyclic amines) is 1. The van der Waals surface area contributed by atoms with Gasteiger partial charge in [0.15, 0.2) is 0 Å². The van der Waals surface area contributed by atoms with Crippen molar-refractivity contribution in [3.05, 3.63) is 24.0 Å². The smallest absolute Gasteiger partial charge is 0.367 e. The Hall–Kier alpha value is -1.99. The Bertz CT molecular complexity index is 491. The molecule has 1 aromatic rings. The maximum Gasteiger partial charge on any atom is 0.471 e. The van der Waals surface area contributed by atoms with Crippen LogP contribution in [-0.4, -0.2) is 41.0 Å². The average molecular weight is 303 g/mol. The molecule has 0 bridgehead atoms. The number of H-pyrrole nitrogens is 1. The number of aromatic nitrogens is 1. The molecule has 2 heterocycles. The summed E-state index contributed by atoms with van der Waals surface area (Å²) in [6.45, 7) is 0.297. The van der Waals surface area contributed by atoms with Gasteiger partial charge in [0.25, 0.3) is 0 Å². The number of piperidine rings is 1. The van der Waals surface area contributed by atoms with Gasteiger partial charge in [0.2, 0.25) is 5.91 Å². The molecular formula is C13H16F3N3O2. The van der Waals surface area contributed by atoms with Gasteiger partial charge in [-0.25, -0.2) is 0 Å². The van der Waals surface area contributed by atoms with Gasteiger partial charge >= 0.3 is 12.1 Å². The van der Waals surface area contributed by atoms with E-state index in [0.29, 0.717) is 6.54 Å². The van der Waals surface area contributed by atoms with Crippen LogP contribution in [0.1, 0.15) is 18.4 Å². The lowest BCUT2D eigenvalue weighted by molar-refractivity contribution is -0.186. The zero-order chi connectivity index (χ0) is 15.5. The molecule has 1 aliphatic heterocycles. The Morgan fingerprint density at radius 2 is 2.00 bits per heavy atom. The fourth-order valence-corrected chi connectivity index (χ4v) is 2.33. The third-order valence-corrected chi connectivity index (χ3v) is 3.52. The van der Waals surface area contributed by atoms with Crippen molar-refractivity contribution in [2.24, 2.45) is 5.92 Å². The van der Waals surface area contributed by atoms with Crippen molar-refractivity contribution in [1.29, 1.82) is 0 Å². The number of rotatable bonds is 3. The lowest BCUT2D eigenvalue weighted by Crippen LogP contribution is -2.47. The third kappa shape index (κ3) is 3.99. The van der Waals surface area contributed by atoms with Crippen LogP contribution in [0.15, 0.2) is 18.5 Å². The second kappa shape index (κ2) is 6.19. The van der Waals surface area contributed by atoms with E-state index in [1.807, 2.05) is 6.07 Å². The van der Waals surface area contributed by atoms with Gasteiger partial charge in [0, 0.05) is 37.9 Å². The van der Waals surface area contributed by atoms with Crippen molar-refractivity contribution in [2.75, 3.05) is 13.1 Å². The van der Waals surface area contributed by atoms with Gasteiger partial charge < -0.3 is 15.2 Å². The lowest BCUT2D eigenvalue weighted by Gasteiger charge is -2.31. The molecule has 1 aromatic heterocycles. The highest BCUT2D eigenvalue weighted by molar-refractivity contribution is 5.83. The van der Waals surface area contributed by atoms with E-state index in [-0.39, 0.29) is 37.8 Å². The molecule has 2 rings (SSSR count). The number of halogens is 3. The van der Waals surface area contributed by atoms with Crippen molar-refractivity contribution in [2.45, 2.75) is 25.6 Å². The summed E-state index contributed by atoms with van der Waals surface area (Å²) in [6.07, 6.45) is -0.849. The molecule has 8 heteroatoms. The molecule has 0 aliphatic carbocycles. The summed E-state index contributed by atoms with van der Waals surface area (Å²) in [6, 6.07) is 1.82. The maximum atomic E-state index is 12.3. The van der Waals surface area contributed by atoms with Crippen LogP contribution in [0.2, 0.25) is 0 Å². The Morgan fingerprint density at radius 1 is 1.33 bits per heavy atom. The van der Waals surface area contributed by atoms with E-state index in [4.69, 9.17) is 0 Å². The van der Waals surface area contributed by atoms with Gasteiger partial charge in [-0.2, -0.15) is 13.2 Å². The van der Waals surface area contributed by atoms with Crippen LogP contribution in [0.4, 0.5) is 13.2 Å². The zero-order valence-corrected chi connectivity index (χ0v) is 11.2.